The van der Waals surface area contributed by atoms with E-state index in [0.29, 0.717) is 12.8 Å². The number of ketones is 1. The molecule has 1 aliphatic rings. The molecule has 4 atom stereocenters. The number of aliphatic hydroxyl groups excluding tert-OH is 2. The van der Waals surface area contributed by atoms with Crippen molar-refractivity contribution in [2.24, 2.45) is 11.8 Å². The summed E-state index contributed by atoms with van der Waals surface area (Å²) in [5, 5.41) is 31.1. The van der Waals surface area contributed by atoms with Crippen LogP contribution in [0.1, 0.15) is 24.8 Å². The van der Waals surface area contributed by atoms with Gasteiger partial charge in [-0.1, -0.05) is 54.6 Å². The summed E-state index contributed by atoms with van der Waals surface area (Å²) in [5.74, 6) is 0.761. The summed E-state index contributed by atoms with van der Waals surface area (Å²) < 4.78 is 0. The maximum absolute atomic E-state index is 12.5. The van der Waals surface area contributed by atoms with Crippen LogP contribution in [0.25, 0.3) is 10.8 Å². The lowest BCUT2D eigenvalue weighted by Gasteiger charge is -2.19. The maximum atomic E-state index is 12.5. The van der Waals surface area contributed by atoms with Crippen molar-refractivity contribution in [3.8, 4) is 0 Å². The van der Waals surface area contributed by atoms with Crippen LogP contribution in [0.2, 0.25) is 0 Å². The summed E-state index contributed by atoms with van der Waals surface area (Å²) in [7, 11) is 0. The molecule has 7 heteroatoms. The number of Topliss-reactive ketones (excluding diaryl/α,β-unsaturated/α-hetero) is 1. The van der Waals surface area contributed by atoms with E-state index < -0.39 is 12.1 Å². The third-order valence-electron chi connectivity index (χ3n) is 5.96. The van der Waals surface area contributed by atoms with Crippen LogP contribution in [0, 0.1) is 11.8 Å². The Morgan fingerprint density at radius 3 is 2.70 bits per heavy atom. The molecule has 2 aromatic rings. The van der Waals surface area contributed by atoms with Crippen LogP contribution in [-0.2, 0) is 16.0 Å². The summed E-state index contributed by atoms with van der Waals surface area (Å²) in [6.07, 6.45) is 5.65. The first-order valence-corrected chi connectivity index (χ1v) is 13.6. The Bertz CT molecular complexity index is 961. The molecular formula is C26H32O5S2. The number of carboxylic acids is 1. The van der Waals surface area contributed by atoms with Crippen LogP contribution in [0.4, 0.5) is 0 Å². The van der Waals surface area contributed by atoms with E-state index in [9.17, 15) is 19.8 Å². The molecule has 0 amide bonds. The predicted octanol–water partition coefficient (Wildman–Crippen LogP) is 4.20. The molecule has 0 aromatic heterocycles. The highest BCUT2D eigenvalue weighted by molar-refractivity contribution is 8.01. The van der Waals surface area contributed by atoms with E-state index in [0.717, 1.165) is 24.3 Å². The number of hydrogen-bond acceptors (Lipinski definition) is 6. The number of carboxylic acid groups (broad SMARTS) is 1. The standard InChI is InChI=1S/C26H32O5S2/c27-16-21-15-24(29)26(33-13-3-12-32-17-25(30)31)23(21)11-10-22(28)9-7-18-6-8-19-4-1-2-5-20(19)14-18/h1-2,4-6,8,10-11,14,21-23,26-28H,3,7,9,12-13,15-17H2,(H,30,31)/t21-,22?,23-,26?/m0/s1. The molecule has 0 bridgehead atoms. The molecular weight excluding hydrogens is 456 g/mol. The summed E-state index contributed by atoms with van der Waals surface area (Å²) in [5.41, 5.74) is 1.18. The Hall–Kier alpha value is -1.80. The number of benzene rings is 2. The normalized spacial score (nSPS) is 21.8. The first kappa shape index (κ1) is 25.8. The van der Waals surface area contributed by atoms with Gasteiger partial charge in [-0.25, -0.2) is 0 Å². The predicted molar refractivity (Wildman–Crippen MR) is 137 cm³/mol. The number of carbonyl (C=O) groups excluding carboxylic acids is 1. The zero-order valence-electron chi connectivity index (χ0n) is 18.6. The van der Waals surface area contributed by atoms with E-state index in [-0.39, 0.29) is 35.2 Å². The largest absolute Gasteiger partial charge is 0.481 e. The second kappa shape index (κ2) is 13.2. The average Bonchev–Trinajstić information content (AvgIpc) is 3.12. The average molecular weight is 489 g/mol. The van der Waals surface area contributed by atoms with Gasteiger partial charge >= 0.3 is 5.97 Å². The second-order valence-electron chi connectivity index (χ2n) is 8.45. The molecule has 0 radical (unpaired) electrons. The molecule has 2 unspecified atom stereocenters. The van der Waals surface area contributed by atoms with Crippen LogP contribution in [-0.4, -0.2) is 62.3 Å². The minimum atomic E-state index is -0.811. The smallest absolute Gasteiger partial charge is 0.313 e. The SMILES string of the molecule is O=C(O)CSCCCSC1C(=O)C[C@@H](CO)[C@@H]1C=CC(O)CCc1ccc2ccccc2c1. The number of rotatable bonds is 13. The molecule has 3 N–H and O–H groups in total. The summed E-state index contributed by atoms with van der Waals surface area (Å²) in [6.45, 7) is -0.0422. The van der Waals surface area contributed by atoms with Crippen LogP contribution in [0.3, 0.4) is 0 Å². The van der Waals surface area contributed by atoms with Crippen molar-refractivity contribution in [1.82, 2.24) is 0 Å². The van der Waals surface area contributed by atoms with Gasteiger partial charge in [0.25, 0.3) is 0 Å². The third-order valence-corrected chi connectivity index (χ3v) is 8.45. The van der Waals surface area contributed by atoms with E-state index in [1.807, 2.05) is 18.2 Å². The Morgan fingerprint density at radius 1 is 1.15 bits per heavy atom. The van der Waals surface area contributed by atoms with Crippen molar-refractivity contribution in [3.63, 3.8) is 0 Å². The molecule has 33 heavy (non-hydrogen) atoms. The lowest BCUT2D eigenvalue weighted by molar-refractivity contribution is -0.133. The van der Waals surface area contributed by atoms with Crippen LogP contribution >= 0.6 is 23.5 Å². The van der Waals surface area contributed by atoms with Gasteiger partial charge in [0.1, 0.15) is 5.78 Å². The number of allylic oxidation sites excluding steroid dienone is 1. The Balaban J connectivity index is 1.50. The Labute approximate surface area is 203 Å². The van der Waals surface area contributed by atoms with E-state index in [2.05, 4.69) is 30.3 Å². The van der Waals surface area contributed by atoms with E-state index in [1.54, 1.807) is 17.8 Å². The van der Waals surface area contributed by atoms with Crippen molar-refractivity contribution in [2.45, 2.75) is 37.0 Å². The second-order valence-corrected chi connectivity index (χ2v) is 10.8. The van der Waals surface area contributed by atoms with Gasteiger partial charge in [0, 0.05) is 18.9 Å². The number of aryl methyl sites for hydroxylation is 1. The van der Waals surface area contributed by atoms with Crippen molar-refractivity contribution >= 4 is 46.0 Å². The fraction of sp³-hybridized carbons (Fsp3) is 0.462. The molecule has 2 aromatic carbocycles. The van der Waals surface area contributed by atoms with Crippen LogP contribution < -0.4 is 0 Å². The lowest BCUT2D eigenvalue weighted by Crippen LogP contribution is -2.21. The zero-order valence-corrected chi connectivity index (χ0v) is 20.3. The van der Waals surface area contributed by atoms with Gasteiger partial charge in [-0.05, 0) is 53.0 Å². The Morgan fingerprint density at radius 2 is 1.94 bits per heavy atom. The van der Waals surface area contributed by atoms with Crippen molar-refractivity contribution < 1.29 is 24.9 Å². The molecule has 0 heterocycles. The van der Waals surface area contributed by atoms with E-state index >= 15 is 0 Å². The third kappa shape index (κ3) is 7.88. The summed E-state index contributed by atoms with van der Waals surface area (Å²) in [6, 6.07) is 14.6. The topological polar surface area (TPSA) is 94.8 Å². The van der Waals surface area contributed by atoms with Crippen LogP contribution in [0.15, 0.2) is 54.6 Å². The monoisotopic (exact) mass is 488 g/mol. The summed E-state index contributed by atoms with van der Waals surface area (Å²) in [4.78, 5) is 23.1. The fourth-order valence-electron chi connectivity index (χ4n) is 4.21. The first-order chi connectivity index (χ1) is 16.0. The van der Waals surface area contributed by atoms with E-state index in [4.69, 9.17) is 5.11 Å². The number of aliphatic carboxylic acids is 1. The highest BCUT2D eigenvalue weighted by Crippen LogP contribution is 2.38. The van der Waals surface area contributed by atoms with Gasteiger partial charge in [-0.2, -0.15) is 11.8 Å². The van der Waals surface area contributed by atoms with Gasteiger partial charge in [0.2, 0.25) is 0 Å². The Kier molecular flexibility index (Phi) is 10.3. The molecule has 0 saturated heterocycles. The molecule has 3 rings (SSSR count). The highest BCUT2D eigenvalue weighted by Gasteiger charge is 2.40. The fourth-order valence-corrected chi connectivity index (χ4v) is 6.45. The van der Waals surface area contributed by atoms with Crippen molar-refractivity contribution in [1.29, 1.82) is 0 Å². The van der Waals surface area contributed by atoms with Gasteiger partial charge < -0.3 is 15.3 Å². The van der Waals surface area contributed by atoms with Gasteiger partial charge in [-0.3, -0.25) is 9.59 Å². The number of aliphatic hydroxyl groups is 2. The number of fused-ring (bicyclic) bond motifs is 1. The number of hydrogen-bond donors (Lipinski definition) is 3. The lowest BCUT2D eigenvalue weighted by atomic mass is 9.95. The van der Waals surface area contributed by atoms with Gasteiger partial charge in [0.05, 0.1) is 17.1 Å². The number of carbonyl (C=O) groups is 2. The molecule has 1 aliphatic carbocycles. The first-order valence-electron chi connectivity index (χ1n) is 11.4. The summed E-state index contributed by atoms with van der Waals surface area (Å²) >= 11 is 2.97. The molecule has 5 nitrogen and oxygen atoms in total. The molecule has 0 aliphatic heterocycles. The quantitative estimate of drug-likeness (QED) is 0.287. The maximum Gasteiger partial charge on any atom is 0.313 e. The number of thioether (sulfide) groups is 2. The molecule has 1 fully saturated rings. The molecule has 0 spiro atoms. The molecule has 1 saturated carbocycles. The van der Waals surface area contributed by atoms with Gasteiger partial charge in [-0.15, -0.1) is 11.8 Å². The van der Waals surface area contributed by atoms with E-state index in [1.165, 1.54) is 28.1 Å². The zero-order chi connectivity index (χ0) is 23.6. The van der Waals surface area contributed by atoms with Gasteiger partial charge in [0.15, 0.2) is 0 Å². The van der Waals surface area contributed by atoms with Crippen molar-refractivity contribution in [3.05, 3.63) is 60.2 Å². The minimum absolute atomic E-state index is 0.0422. The minimum Gasteiger partial charge on any atom is -0.481 e. The highest BCUT2D eigenvalue weighted by atomic mass is 32.2. The van der Waals surface area contributed by atoms with Crippen LogP contribution in [0.5, 0.6) is 0 Å². The van der Waals surface area contributed by atoms with Crippen molar-refractivity contribution in [2.75, 3.05) is 23.9 Å². The molecule has 178 valence electrons.